The van der Waals surface area contributed by atoms with E-state index in [2.05, 4.69) is 20.8 Å². The third-order valence-electron chi connectivity index (χ3n) is 3.32. The zero-order chi connectivity index (χ0) is 17.5. The van der Waals surface area contributed by atoms with Crippen molar-refractivity contribution in [1.82, 2.24) is 15.8 Å². The molecule has 5 nitrogen and oxygen atoms in total. The third kappa shape index (κ3) is 4.65. The number of carbonyl (C=O) groups excluding carboxylic acids is 1. The molecule has 1 heterocycles. The van der Waals surface area contributed by atoms with Gasteiger partial charge < -0.3 is 0 Å². The highest BCUT2D eigenvalue weighted by Crippen LogP contribution is 2.10. The van der Waals surface area contributed by atoms with Crippen molar-refractivity contribution in [2.75, 3.05) is 0 Å². The Hall–Kier alpha value is -3.18. The van der Waals surface area contributed by atoms with E-state index >= 15 is 0 Å². The van der Waals surface area contributed by atoms with Gasteiger partial charge in [0, 0.05) is 22.3 Å². The van der Waals surface area contributed by atoms with Crippen LogP contribution in [0.2, 0.25) is 5.02 Å². The summed E-state index contributed by atoms with van der Waals surface area (Å²) in [6.07, 6.45) is 1.66. The molecule has 0 unspecified atom stereocenters. The average Bonchev–Trinajstić information content (AvgIpc) is 2.67. The predicted octanol–water partition coefficient (Wildman–Crippen LogP) is 3.75. The van der Waals surface area contributed by atoms with Crippen molar-refractivity contribution in [3.8, 4) is 0 Å². The van der Waals surface area contributed by atoms with E-state index in [-0.39, 0.29) is 5.91 Å². The van der Waals surface area contributed by atoms with Gasteiger partial charge in [-0.25, -0.2) is 9.98 Å². The van der Waals surface area contributed by atoms with Gasteiger partial charge in [-0.05, 0) is 36.4 Å². The van der Waals surface area contributed by atoms with Crippen molar-refractivity contribution < 1.29 is 4.79 Å². The number of nitrogens with zero attached hydrogens (tertiary/aromatic N) is 2. The summed E-state index contributed by atoms with van der Waals surface area (Å²) in [5.41, 5.74) is 6.83. The topological polar surface area (TPSA) is 66.4 Å². The number of amidine groups is 1. The van der Waals surface area contributed by atoms with E-state index in [0.29, 0.717) is 22.2 Å². The van der Waals surface area contributed by atoms with E-state index in [0.717, 1.165) is 5.56 Å². The van der Waals surface area contributed by atoms with Gasteiger partial charge in [-0.15, -0.1) is 0 Å². The summed E-state index contributed by atoms with van der Waals surface area (Å²) >= 11 is 5.84. The Morgan fingerprint density at radius 3 is 2.24 bits per heavy atom. The first-order chi connectivity index (χ1) is 12.2. The first kappa shape index (κ1) is 16.7. The fourth-order valence-electron chi connectivity index (χ4n) is 2.08. The zero-order valence-corrected chi connectivity index (χ0v) is 13.9. The molecule has 0 bridgehead atoms. The van der Waals surface area contributed by atoms with Gasteiger partial charge in [0.2, 0.25) is 0 Å². The summed E-state index contributed by atoms with van der Waals surface area (Å²) in [4.78, 5) is 20.9. The predicted molar refractivity (Wildman–Crippen MR) is 98.9 cm³/mol. The highest BCUT2D eigenvalue weighted by atomic mass is 35.5. The quantitative estimate of drug-likeness (QED) is 0.429. The lowest BCUT2D eigenvalue weighted by molar-refractivity contribution is 0.0944. The molecule has 3 aromatic rings. The van der Waals surface area contributed by atoms with Crippen molar-refractivity contribution in [2.45, 2.75) is 0 Å². The number of amides is 1. The lowest BCUT2D eigenvalue weighted by Gasteiger charge is -2.11. The van der Waals surface area contributed by atoms with E-state index in [9.17, 15) is 4.79 Å². The van der Waals surface area contributed by atoms with Crippen LogP contribution >= 0.6 is 11.6 Å². The molecule has 0 aliphatic heterocycles. The maximum absolute atomic E-state index is 12.3. The van der Waals surface area contributed by atoms with Crippen LogP contribution in [0.1, 0.15) is 15.9 Å². The molecule has 0 atom stereocenters. The monoisotopic (exact) mass is 350 g/mol. The standard InChI is InChI=1S/C19H15ClN4O/c20-16-11-9-15(10-12-16)19(25)24-23-18(14-6-2-1-3-7-14)22-17-8-4-5-13-21-17/h1-13H,(H,24,25)(H,21,22,23). The number of hydrogen-bond acceptors (Lipinski definition) is 3. The summed E-state index contributed by atoms with van der Waals surface area (Å²) in [6, 6.07) is 21.6. The van der Waals surface area contributed by atoms with Crippen molar-refractivity contribution >= 4 is 29.2 Å². The highest BCUT2D eigenvalue weighted by molar-refractivity contribution is 6.30. The minimum atomic E-state index is -0.290. The molecule has 0 spiro atoms. The minimum Gasteiger partial charge on any atom is -0.281 e. The largest absolute Gasteiger partial charge is 0.281 e. The fourth-order valence-corrected chi connectivity index (χ4v) is 2.21. The van der Waals surface area contributed by atoms with E-state index < -0.39 is 0 Å². The van der Waals surface area contributed by atoms with Gasteiger partial charge in [0.25, 0.3) is 5.91 Å². The molecule has 0 fully saturated rings. The van der Waals surface area contributed by atoms with Crippen LogP contribution < -0.4 is 10.9 Å². The Labute approximate surface area is 150 Å². The van der Waals surface area contributed by atoms with Gasteiger partial charge in [0.15, 0.2) is 11.7 Å². The SMILES string of the molecule is O=C(NN/C(=N/c1ccccn1)c1ccccc1)c1ccc(Cl)cc1. The molecule has 124 valence electrons. The van der Waals surface area contributed by atoms with Crippen LogP contribution in [0.3, 0.4) is 0 Å². The summed E-state index contributed by atoms with van der Waals surface area (Å²) in [5.74, 6) is 0.734. The van der Waals surface area contributed by atoms with Crippen molar-refractivity contribution in [1.29, 1.82) is 0 Å². The van der Waals surface area contributed by atoms with Crippen molar-refractivity contribution in [2.24, 2.45) is 4.99 Å². The normalized spacial score (nSPS) is 11.0. The molecule has 1 aromatic heterocycles. The highest BCUT2D eigenvalue weighted by Gasteiger charge is 2.08. The first-order valence-electron chi connectivity index (χ1n) is 7.59. The zero-order valence-electron chi connectivity index (χ0n) is 13.2. The summed E-state index contributed by atoms with van der Waals surface area (Å²) < 4.78 is 0. The molecular weight excluding hydrogens is 336 g/mol. The lowest BCUT2D eigenvalue weighted by Crippen LogP contribution is -2.42. The Kier molecular flexibility index (Phi) is 5.39. The van der Waals surface area contributed by atoms with Crippen LogP contribution in [-0.2, 0) is 0 Å². The molecule has 0 radical (unpaired) electrons. The molecule has 2 N–H and O–H groups in total. The molecule has 6 heteroatoms. The number of hydrazine groups is 1. The molecule has 0 aliphatic carbocycles. The molecule has 0 saturated carbocycles. The Balaban J connectivity index is 1.80. The van der Waals surface area contributed by atoms with Crippen LogP contribution in [-0.4, -0.2) is 16.7 Å². The minimum absolute atomic E-state index is 0.290. The summed E-state index contributed by atoms with van der Waals surface area (Å²) in [6.45, 7) is 0. The number of hydrogen-bond donors (Lipinski definition) is 2. The first-order valence-corrected chi connectivity index (χ1v) is 7.97. The Bertz CT molecular complexity index is 865. The van der Waals surface area contributed by atoms with Gasteiger partial charge in [-0.1, -0.05) is 48.0 Å². The molecular formula is C19H15ClN4O. The number of aliphatic imine (C=N–C) groups is 1. The third-order valence-corrected chi connectivity index (χ3v) is 3.58. The smallest absolute Gasteiger partial charge is 0.269 e. The number of benzene rings is 2. The molecule has 25 heavy (non-hydrogen) atoms. The van der Waals surface area contributed by atoms with Gasteiger partial charge >= 0.3 is 0 Å². The fraction of sp³-hybridized carbons (Fsp3) is 0. The maximum Gasteiger partial charge on any atom is 0.269 e. The number of nitrogens with one attached hydrogen (secondary N) is 2. The summed E-state index contributed by atoms with van der Waals surface area (Å²) in [5, 5.41) is 0.575. The van der Waals surface area contributed by atoms with Crippen LogP contribution in [0.5, 0.6) is 0 Å². The number of rotatable bonds is 3. The van der Waals surface area contributed by atoms with Crippen molar-refractivity contribution in [3.05, 3.63) is 95.1 Å². The Morgan fingerprint density at radius 1 is 0.840 bits per heavy atom. The van der Waals surface area contributed by atoms with E-state index in [4.69, 9.17) is 11.6 Å². The van der Waals surface area contributed by atoms with Crippen LogP contribution in [0, 0.1) is 0 Å². The molecule has 3 rings (SSSR count). The number of carbonyl (C=O) groups is 1. The summed E-state index contributed by atoms with van der Waals surface area (Å²) in [7, 11) is 0. The van der Waals surface area contributed by atoms with Gasteiger partial charge in [-0.2, -0.15) is 0 Å². The van der Waals surface area contributed by atoms with E-state index in [1.54, 1.807) is 36.5 Å². The average molecular weight is 351 g/mol. The molecule has 2 aromatic carbocycles. The maximum atomic E-state index is 12.3. The van der Waals surface area contributed by atoms with Crippen LogP contribution in [0.25, 0.3) is 0 Å². The number of pyridine rings is 1. The van der Waals surface area contributed by atoms with Gasteiger partial charge in [-0.3, -0.25) is 15.6 Å². The van der Waals surface area contributed by atoms with Crippen molar-refractivity contribution in [3.63, 3.8) is 0 Å². The van der Waals surface area contributed by atoms with Gasteiger partial charge in [0.1, 0.15) is 0 Å². The molecule has 1 amide bonds. The number of aromatic nitrogens is 1. The molecule has 0 saturated heterocycles. The number of halogens is 1. The second-order valence-corrected chi connectivity index (χ2v) is 5.54. The van der Waals surface area contributed by atoms with Crippen LogP contribution in [0.15, 0.2) is 84.0 Å². The lowest BCUT2D eigenvalue weighted by atomic mass is 10.2. The second kappa shape index (κ2) is 8.08. The van der Waals surface area contributed by atoms with E-state index in [1.807, 2.05) is 42.5 Å². The molecule has 0 aliphatic rings. The second-order valence-electron chi connectivity index (χ2n) is 5.10. The van der Waals surface area contributed by atoms with Crippen LogP contribution in [0.4, 0.5) is 5.82 Å². The van der Waals surface area contributed by atoms with E-state index in [1.165, 1.54) is 0 Å². The van der Waals surface area contributed by atoms with Gasteiger partial charge in [0.05, 0.1) is 0 Å². The Morgan fingerprint density at radius 2 is 1.56 bits per heavy atom.